The molecule has 0 bridgehead atoms. The van der Waals surface area contributed by atoms with Crippen LogP contribution < -0.4 is 4.74 Å². The molecule has 0 radical (unpaired) electrons. The second-order valence-corrected chi connectivity index (χ2v) is 6.79. The second-order valence-electron chi connectivity index (χ2n) is 6.79. The molecule has 1 unspecified atom stereocenters. The van der Waals surface area contributed by atoms with Crippen molar-refractivity contribution in [3.63, 3.8) is 0 Å². The quantitative estimate of drug-likeness (QED) is 0.801. The van der Waals surface area contributed by atoms with Crippen molar-refractivity contribution >= 4 is 5.91 Å². The topological polar surface area (TPSA) is 45.7 Å². The normalized spacial score (nSPS) is 17.9. The van der Waals surface area contributed by atoms with Crippen LogP contribution in [-0.4, -0.2) is 54.5 Å². The summed E-state index contributed by atoms with van der Waals surface area (Å²) >= 11 is 0. The van der Waals surface area contributed by atoms with E-state index in [1.165, 1.54) is 5.56 Å². The maximum atomic E-state index is 12.7. The van der Waals surface area contributed by atoms with Gasteiger partial charge in [-0.3, -0.25) is 14.7 Å². The third-order valence-corrected chi connectivity index (χ3v) is 5.08. The predicted molar refractivity (Wildman–Crippen MR) is 102 cm³/mol. The molecule has 5 nitrogen and oxygen atoms in total. The smallest absolute Gasteiger partial charge is 0.222 e. The molecule has 1 saturated heterocycles. The summed E-state index contributed by atoms with van der Waals surface area (Å²) in [5.74, 6) is 1.12. The van der Waals surface area contributed by atoms with Crippen LogP contribution in [0.25, 0.3) is 0 Å². The van der Waals surface area contributed by atoms with E-state index in [-0.39, 0.29) is 11.9 Å². The van der Waals surface area contributed by atoms with Crippen LogP contribution in [0.3, 0.4) is 0 Å². The molecule has 1 aliphatic heterocycles. The first-order chi connectivity index (χ1) is 12.7. The van der Waals surface area contributed by atoms with E-state index in [4.69, 9.17) is 4.74 Å². The SMILES string of the molecule is COc1ccccc1C1CN(C(=O)CCCc2cccnc2)CCN1C. The number of aromatic nitrogens is 1. The van der Waals surface area contributed by atoms with E-state index in [0.717, 1.165) is 37.2 Å². The van der Waals surface area contributed by atoms with E-state index in [1.807, 2.05) is 35.4 Å². The van der Waals surface area contributed by atoms with Crippen LogP contribution in [0.15, 0.2) is 48.8 Å². The van der Waals surface area contributed by atoms with Gasteiger partial charge in [-0.15, -0.1) is 0 Å². The van der Waals surface area contributed by atoms with E-state index >= 15 is 0 Å². The Kier molecular flexibility index (Phi) is 6.23. The van der Waals surface area contributed by atoms with Crippen LogP contribution in [0.1, 0.15) is 30.0 Å². The van der Waals surface area contributed by atoms with Gasteiger partial charge in [0.15, 0.2) is 0 Å². The molecular formula is C21H27N3O2. The lowest BCUT2D eigenvalue weighted by atomic mass is 10.0. The standard InChI is InChI=1S/C21H27N3O2/c1-23-13-14-24(16-19(23)18-9-3-4-10-20(18)26-2)21(25)11-5-7-17-8-6-12-22-15-17/h3-4,6,8-10,12,15,19H,5,7,11,13-14,16H2,1-2H3. The number of para-hydroxylation sites is 1. The lowest BCUT2D eigenvalue weighted by Gasteiger charge is -2.40. The highest BCUT2D eigenvalue weighted by atomic mass is 16.5. The summed E-state index contributed by atoms with van der Waals surface area (Å²) in [6.45, 7) is 2.37. The van der Waals surface area contributed by atoms with Gasteiger partial charge in [-0.25, -0.2) is 0 Å². The van der Waals surface area contributed by atoms with Crippen molar-refractivity contribution < 1.29 is 9.53 Å². The summed E-state index contributed by atoms with van der Waals surface area (Å²) in [5.41, 5.74) is 2.33. The van der Waals surface area contributed by atoms with Gasteiger partial charge in [0.1, 0.15) is 5.75 Å². The van der Waals surface area contributed by atoms with E-state index < -0.39 is 0 Å². The molecule has 5 heteroatoms. The summed E-state index contributed by atoms with van der Waals surface area (Å²) in [4.78, 5) is 21.1. The number of rotatable bonds is 6. The number of aryl methyl sites for hydroxylation is 1. The minimum Gasteiger partial charge on any atom is -0.496 e. The van der Waals surface area contributed by atoms with Gasteiger partial charge in [-0.2, -0.15) is 0 Å². The van der Waals surface area contributed by atoms with Gasteiger partial charge in [0.2, 0.25) is 5.91 Å². The van der Waals surface area contributed by atoms with Crippen LogP contribution >= 0.6 is 0 Å². The van der Waals surface area contributed by atoms with Crippen molar-refractivity contribution in [1.29, 1.82) is 0 Å². The van der Waals surface area contributed by atoms with Gasteiger partial charge >= 0.3 is 0 Å². The van der Waals surface area contributed by atoms with Crippen LogP contribution in [0, 0.1) is 0 Å². The number of pyridine rings is 1. The molecule has 1 amide bonds. The van der Waals surface area contributed by atoms with Crippen molar-refractivity contribution in [3.8, 4) is 5.75 Å². The van der Waals surface area contributed by atoms with Crippen LogP contribution in [0.2, 0.25) is 0 Å². The van der Waals surface area contributed by atoms with Gasteiger partial charge in [0, 0.05) is 44.0 Å². The van der Waals surface area contributed by atoms with Crippen molar-refractivity contribution in [2.24, 2.45) is 0 Å². The molecule has 1 atom stereocenters. The summed E-state index contributed by atoms with van der Waals surface area (Å²) in [6, 6.07) is 12.3. The monoisotopic (exact) mass is 353 g/mol. The molecule has 0 N–H and O–H groups in total. The minimum absolute atomic E-state index is 0.169. The number of carbonyl (C=O) groups is 1. The number of hydrogen-bond donors (Lipinski definition) is 0. The summed E-state index contributed by atoms with van der Waals surface area (Å²) in [7, 11) is 3.81. The van der Waals surface area contributed by atoms with Crippen LogP contribution in [0.4, 0.5) is 0 Å². The van der Waals surface area contributed by atoms with Crippen molar-refractivity contribution in [3.05, 3.63) is 59.9 Å². The molecule has 1 aromatic carbocycles. The highest BCUT2D eigenvalue weighted by molar-refractivity contribution is 5.76. The average molecular weight is 353 g/mol. The summed E-state index contributed by atoms with van der Waals surface area (Å²) in [6.07, 6.45) is 5.98. The maximum absolute atomic E-state index is 12.7. The van der Waals surface area contributed by atoms with Gasteiger partial charge in [-0.05, 0) is 37.6 Å². The average Bonchev–Trinajstić information content (AvgIpc) is 2.69. The van der Waals surface area contributed by atoms with E-state index in [0.29, 0.717) is 13.0 Å². The first kappa shape index (κ1) is 18.4. The zero-order chi connectivity index (χ0) is 18.4. The molecule has 26 heavy (non-hydrogen) atoms. The largest absolute Gasteiger partial charge is 0.496 e. The van der Waals surface area contributed by atoms with E-state index in [2.05, 4.69) is 29.1 Å². The highest BCUT2D eigenvalue weighted by Crippen LogP contribution is 2.31. The van der Waals surface area contributed by atoms with E-state index in [9.17, 15) is 4.79 Å². The molecule has 0 saturated carbocycles. The molecule has 2 heterocycles. The van der Waals surface area contributed by atoms with E-state index in [1.54, 1.807) is 13.3 Å². The molecule has 3 rings (SSSR count). The zero-order valence-electron chi connectivity index (χ0n) is 15.6. The molecule has 1 aromatic heterocycles. The number of amides is 1. The Morgan fingerprint density at radius 3 is 2.85 bits per heavy atom. The number of hydrogen-bond acceptors (Lipinski definition) is 4. The lowest BCUT2D eigenvalue weighted by molar-refractivity contribution is -0.134. The molecular weight excluding hydrogens is 326 g/mol. The van der Waals surface area contributed by atoms with Crippen LogP contribution in [0.5, 0.6) is 5.75 Å². The molecule has 138 valence electrons. The Morgan fingerprint density at radius 1 is 1.23 bits per heavy atom. The first-order valence-corrected chi connectivity index (χ1v) is 9.19. The maximum Gasteiger partial charge on any atom is 0.222 e. The summed E-state index contributed by atoms with van der Waals surface area (Å²) < 4.78 is 5.52. The number of likely N-dealkylation sites (N-methyl/N-ethyl adjacent to an activating group) is 1. The zero-order valence-corrected chi connectivity index (χ0v) is 15.6. The summed E-state index contributed by atoms with van der Waals surface area (Å²) in [5, 5.41) is 0. The Labute approximate surface area is 155 Å². The number of nitrogens with zero attached hydrogens (tertiary/aromatic N) is 3. The van der Waals surface area contributed by atoms with Gasteiger partial charge in [0.05, 0.1) is 13.2 Å². The molecule has 0 aliphatic carbocycles. The Hall–Kier alpha value is -2.40. The third kappa shape index (κ3) is 4.41. The third-order valence-electron chi connectivity index (χ3n) is 5.08. The van der Waals surface area contributed by atoms with Gasteiger partial charge in [0.25, 0.3) is 0 Å². The highest BCUT2D eigenvalue weighted by Gasteiger charge is 2.29. The van der Waals surface area contributed by atoms with Crippen molar-refractivity contribution in [2.75, 3.05) is 33.8 Å². The fourth-order valence-electron chi connectivity index (χ4n) is 3.53. The fraction of sp³-hybridized carbons (Fsp3) is 0.429. The number of benzene rings is 1. The Morgan fingerprint density at radius 2 is 2.08 bits per heavy atom. The predicted octanol–water partition coefficient (Wildman–Crippen LogP) is 2.93. The number of ether oxygens (including phenoxy) is 1. The van der Waals surface area contributed by atoms with Crippen LogP contribution in [-0.2, 0) is 11.2 Å². The molecule has 1 aliphatic rings. The van der Waals surface area contributed by atoms with Crippen molar-refractivity contribution in [2.45, 2.75) is 25.3 Å². The first-order valence-electron chi connectivity index (χ1n) is 9.19. The Bertz CT molecular complexity index is 720. The number of carbonyl (C=O) groups excluding carboxylic acids is 1. The number of piperazine rings is 1. The molecule has 0 spiro atoms. The van der Waals surface area contributed by atoms with Crippen molar-refractivity contribution in [1.82, 2.24) is 14.8 Å². The van der Waals surface area contributed by atoms with Gasteiger partial charge < -0.3 is 9.64 Å². The number of methoxy groups -OCH3 is 1. The molecule has 1 fully saturated rings. The Balaban J connectivity index is 1.59. The second kappa shape index (κ2) is 8.81. The minimum atomic E-state index is 0.169. The molecule has 2 aromatic rings. The van der Waals surface area contributed by atoms with Gasteiger partial charge in [-0.1, -0.05) is 24.3 Å². The lowest BCUT2D eigenvalue weighted by Crippen LogP contribution is -2.49. The fourth-order valence-corrected chi connectivity index (χ4v) is 3.53.